The van der Waals surface area contributed by atoms with Gasteiger partial charge >= 0.3 is 0 Å². The number of Topliss-reactive ketones (excluding diaryl/α,β-unsaturated/α-hetero) is 1. The number of benzene rings is 1. The fourth-order valence-corrected chi connectivity index (χ4v) is 4.44. The first kappa shape index (κ1) is 13.6. The van der Waals surface area contributed by atoms with Gasteiger partial charge in [0, 0.05) is 17.3 Å². The van der Waals surface area contributed by atoms with Crippen molar-refractivity contribution in [2.24, 2.45) is 0 Å². The van der Waals surface area contributed by atoms with Gasteiger partial charge in [-0.15, -0.1) is 11.8 Å². The third-order valence-corrected chi connectivity index (χ3v) is 5.53. The Labute approximate surface area is 116 Å². The van der Waals surface area contributed by atoms with E-state index in [1.807, 2.05) is 11.8 Å². The highest BCUT2D eigenvalue weighted by molar-refractivity contribution is 8.07. The summed E-state index contributed by atoms with van der Waals surface area (Å²) in [7, 11) is 3.18. The monoisotopic (exact) mass is 284 g/mol. The highest BCUT2D eigenvalue weighted by atomic mass is 32.2. The summed E-state index contributed by atoms with van der Waals surface area (Å²) < 4.78 is 10.4. The van der Waals surface area contributed by atoms with E-state index in [4.69, 9.17) is 9.47 Å². The first-order chi connectivity index (χ1) is 8.76. The lowest BCUT2D eigenvalue weighted by Crippen LogP contribution is -2.24. The molecule has 0 spiro atoms. The van der Waals surface area contributed by atoms with Crippen LogP contribution in [0.25, 0.3) is 0 Å². The third kappa shape index (κ3) is 2.95. The van der Waals surface area contributed by atoms with Crippen molar-refractivity contribution in [2.75, 3.05) is 31.5 Å². The number of ether oxygens (including phenoxy) is 2. The van der Waals surface area contributed by atoms with Crippen molar-refractivity contribution in [3.63, 3.8) is 0 Å². The van der Waals surface area contributed by atoms with Gasteiger partial charge < -0.3 is 9.47 Å². The van der Waals surface area contributed by atoms with E-state index in [9.17, 15) is 4.79 Å². The molecule has 1 aliphatic heterocycles. The highest BCUT2D eigenvalue weighted by Crippen LogP contribution is 2.31. The van der Waals surface area contributed by atoms with Gasteiger partial charge in [-0.1, -0.05) is 0 Å². The summed E-state index contributed by atoms with van der Waals surface area (Å²) in [5, 5.41) is 0.0322. The molecule has 0 amide bonds. The Morgan fingerprint density at radius 2 is 2.11 bits per heavy atom. The number of ketones is 1. The Morgan fingerprint density at radius 3 is 2.72 bits per heavy atom. The first-order valence-corrected chi connectivity index (χ1v) is 7.92. The third-order valence-electron chi connectivity index (χ3n) is 2.78. The predicted octanol–water partition coefficient (Wildman–Crippen LogP) is 2.74. The molecular formula is C13H16O3S2. The molecule has 0 aliphatic carbocycles. The fourth-order valence-electron chi connectivity index (χ4n) is 1.82. The Bertz CT molecular complexity index is 428. The van der Waals surface area contributed by atoms with Crippen LogP contribution in [0.5, 0.6) is 11.5 Å². The largest absolute Gasteiger partial charge is 0.497 e. The fraction of sp³-hybridized carbons (Fsp3) is 0.462. The Balaban J connectivity index is 2.26. The number of rotatable bonds is 4. The smallest absolute Gasteiger partial charge is 0.180 e. The molecule has 0 N–H and O–H groups in total. The molecule has 1 aromatic carbocycles. The van der Waals surface area contributed by atoms with Crippen LogP contribution in [0.3, 0.4) is 0 Å². The quantitative estimate of drug-likeness (QED) is 0.794. The molecule has 18 heavy (non-hydrogen) atoms. The lowest BCUT2D eigenvalue weighted by atomic mass is 10.1. The van der Waals surface area contributed by atoms with Crippen LogP contribution in [0, 0.1) is 0 Å². The topological polar surface area (TPSA) is 35.5 Å². The van der Waals surface area contributed by atoms with Crippen molar-refractivity contribution in [2.45, 2.75) is 5.25 Å². The van der Waals surface area contributed by atoms with E-state index >= 15 is 0 Å². The zero-order valence-corrected chi connectivity index (χ0v) is 12.1. The van der Waals surface area contributed by atoms with Crippen LogP contribution < -0.4 is 9.47 Å². The molecule has 0 radical (unpaired) electrons. The molecule has 1 saturated heterocycles. The molecule has 0 aromatic heterocycles. The van der Waals surface area contributed by atoms with Crippen LogP contribution in [0.15, 0.2) is 18.2 Å². The molecule has 3 nitrogen and oxygen atoms in total. The van der Waals surface area contributed by atoms with Crippen molar-refractivity contribution in [3.8, 4) is 11.5 Å². The molecule has 2 rings (SSSR count). The van der Waals surface area contributed by atoms with Crippen molar-refractivity contribution in [1.29, 1.82) is 0 Å². The second kappa shape index (κ2) is 6.38. The van der Waals surface area contributed by atoms with Gasteiger partial charge in [-0.25, -0.2) is 0 Å². The number of carbonyl (C=O) groups is 1. The average Bonchev–Trinajstić information content (AvgIpc) is 2.46. The number of hydrogen-bond donors (Lipinski definition) is 0. The van der Waals surface area contributed by atoms with Crippen LogP contribution in [-0.4, -0.2) is 42.5 Å². The van der Waals surface area contributed by atoms with E-state index in [1.165, 1.54) is 0 Å². The van der Waals surface area contributed by atoms with E-state index in [0.29, 0.717) is 17.1 Å². The Hall–Kier alpha value is -0.810. The first-order valence-electron chi connectivity index (χ1n) is 5.72. The minimum atomic E-state index is 0.0322. The zero-order chi connectivity index (χ0) is 13.0. The summed E-state index contributed by atoms with van der Waals surface area (Å²) in [4.78, 5) is 12.5. The summed E-state index contributed by atoms with van der Waals surface area (Å²) in [6.45, 7) is 0. The zero-order valence-electron chi connectivity index (χ0n) is 10.5. The van der Waals surface area contributed by atoms with Crippen LogP contribution in [0.2, 0.25) is 0 Å². The predicted molar refractivity (Wildman–Crippen MR) is 77.4 cm³/mol. The Kier molecular flexibility index (Phi) is 4.83. The van der Waals surface area contributed by atoms with E-state index in [1.54, 1.807) is 44.2 Å². The van der Waals surface area contributed by atoms with Gasteiger partial charge in [-0.05, 0) is 18.2 Å². The summed E-state index contributed by atoms with van der Waals surface area (Å²) >= 11 is 3.57. The number of carbonyl (C=O) groups excluding carboxylic acids is 1. The molecular weight excluding hydrogens is 268 g/mol. The highest BCUT2D eigenvalue weighted by Gasteiger charge is 2.26. The van der Waals surface area contributed by atoms with Crippen molar-refractivity contribution < 1.29 is 14.3 Å². The van der Waals surface area contributed by atoms with Crippen LogP contribution in [0.1, 0.15) is 10.4 Å². The molecule has 0 bridgehead atoms. The number of methoxy groups -OCH3 is 2. The number of thioether (sulfide) groups is 2. The number of hydrogen-bond acceptors (Lipinski definition) is 5. The van der Waals surface area contributed by atoms with Gasteiger partial charge in [0.2, 0.25) is 0 Å². The summed E-state index contributed by atoms with van der Waals surface area (Å²) in [5.74, 6) is 4.49. The SMILES string of the molecule is COc1ccc(OC)c(C(=O)C2CSCCS2)c1. The second-order valence-electron chi connectivity index (χ2n) is 3.86. The van der Waals surface area contributed by atoms with Crippen LogP contribution in [0.4, 0.5) is 0 Å². The van der Waals surface area contributed by atoms with Gasteiger partial charge in [-0.2, -0.15) is 11.8 Å². The van der Waals surface area contributed by atoms with E-state index in [0.717, 1.165) is 17.3 Å². The molecule has 5 heteroatoms. The summed E-state index contributed by atoms with van der Waals surface area (Å²) in [6.07, 6.45) is 0. The summed E-state index contributed by atoms with van der Waals surface area (Å²) in [6, 6.07) is 5.35. The molecule has 1 unspecified atom stereocenters. The van der Waals surface area contributed by atoms with Crippen molar-refractivity contribution >= 4 is 29.3 Å². The van der Waals surface area contributed by atoms with Crippen LogP contribution >= 0.6 is 23.5 Å². The summed E-state index contributed by atoms with van der Waals surface area (Å²) in [5.41, 5.74) is 0.622. The van der Waals surface area contributed by atoms with E-state index in [-0.39, 0.29) is 11.0 Å². The molecule has 98 valence electrons. The lowest BCUT2D eigenvalue weighted by molar-refractivity contribution is 0.0992. The maximum absolute atomic E-state index is 12.5. The molecule has 0 saturated carbocycles. The Morgan fingerprint density at radius 1 is 1.28 bits per heavy atom. The molecule has 1 fully saturated rings. The molecule has 1 aromatic rings. The van der Waals surface area contributed by atoms with Gasteiger partial charge in [-0.3, -0.25) is 4.79 Å². The maximum atomic E-state index is 12.5. The van der Waals surface area contributed by atoms with E-state index in [2.05, 4.69) is 0 Å². The van der Waals surface area contributed by atoms with Crippen LogP contribution in [-0.2, 0) is 0 Å². The van der Waals surface area contributed by atoms with E-state index < -0.39 is 0 Å². The normalized spacial score (nSPS) is 19.3. The molecule has 1 atom stereocenters. The maximum Gasteiger partial charge on any atom is 0.180 e. The lowest BCUT2D eigenvalue weighted by Gasteiger charge is -2.20. The minimum absolute atomic E-state index is 0.0322. The average molecular weight is 284 g/mol. The van der Waals surface area contributed by atoms with Gasteiger partial charge in [0.15, 0.2) is 5.78 Å². The van der Waals surface area contributed by atoms with Crippen molar-refractivity contribution in [3.05, 3.63) is 23.8 Å². The van der Waals surface area contributed by atoms with Gasteiger partial charge in [0.1, 0.15) is 11.5 Å². The van der Waals surface area contributed by atoms with Gasteiger partial charge in [0.05, 0.1) is 25.0 Å². The molecule has 1 heterocycles. The standard InChI is InChI=1S/C13H16O3S2/c1-15-9-3-4-11(16-2)10(7-9)13(14)12-8-17-5-6-18-12/h3-4,7,12H,5-6,8H2,1-2H3. The van der Waals surface area contributed by atoms with Crippen molar-refractivity contribution in [1.82, 2.24) is 0 Å². The minimum Gasteiger partial charge on any atom is -0.497 e. The second-order valence-corrected chi connectivity index (χ2v) is 6.33. The molecule has 1 aliphatic rings. The van der Waals surface area contributed by atoms with Gasteiger partial charge in [0.25, 0.3) is 0 Å².